The minimum Gasteiger partial charge on any atom is -0.497 e. The van der Waals surface area contributed by atoms with Crippen LogP contribution in [0.15, 0.2) is 231 Å². The first-order valence-electron chi connectivity index (χ1n) is 30.0. The maximum absolute atomic E-state index is 13.0. The van der Waals surface area contributed by atoms with E-state index in [2.05, 4.69) is 195 Å². The Bertz CT molecular complexity index is 3940. The predicted octanol–water partition coefficient (Wildman–Crippen LogP) is 19.9. The molecule has 0 radical (unpaired) electrons. The van der Waals surface area contributed by atoms with Crippen molar-refractivity contribution >= 4 is 46.2 Å². The van der Waals surface area contributed by atoms with Crippen molar-refractivity contribution in [2.75, 3.05) is 16.9 Å². The summed E-state index contributed by atoms with van der Waals surface area (Å²) in [5, 5.41) is 0. The summed E-state index contributed by atoms with van der Waals surface area (Å²) in [6.45, 7) is 10.1. The zero-order valence-electron chi connectivity index (χ0n) is 50.1. The molecule has 0 unspecified atom stereocenters. The minimum atomic E-state index is -0.789. The normalized spacial score (nSPS) is 12.7. The third-order valence-electron chi connectivity index (χ3n) is 16.8. The zero-order chi connectivity index (χ0) is 59.6. The first kappa shape index (κ1) is 58.1. The van der Waals surface area contributed by atoms with Crippen molar-refractivity contribution in [1.82, 2.24) is 0 Å². The van der Waals surface area contributed by atoms with Crippen LogP contribution in [0.3, 0.4) is 0 Å². The molecule has 1 aliphatic carbocycles. The average Bonchev–Trinajstić information content (AvgIpc) is 3.66. The molecule has 0 spiro atoms. The summed E-state index contributed by atoms with van der Waals surface area (Å²) in [4.78, 5) is 29.3. The molecule has 0 atom stereocenters. The number of benzene rings is 10. The lowest BCUT2D eigenvalue weighted by atomic mass is 9.65. The molecule has 1 saturated carbocycles. The van der Waals surface area contributed by atoms with Crippen molar-refractivity contribution in [1.29, 1.82) is 0 Å². The zero-order valence-corrected chi connectivity index (χ0v) is 50.1. The molecule has 86 heavy (non-hydrogen) atoms. The highest BCUT2D eigenvalue weighted by molar-refractivity contribution is 5.84. The Morgan fingerprint density at radius 3 is 1.14 bits per heavy atom. The number of carbonyl (C=O) groups is 2. The van der Waals surface area contributed by atoms with E-state index in [1.807, 2.05) is 72.8 Å². The number of anilines is 6. The molecular formula is C78H74N2O6. The van der Waals surface area contributed by atoms with Gasteiger partial charge >= 0.3 is 12.1 Å². The van der Waals surface area contributed by atoms with Gasteiger partial charge in [-0.25, -0.2) is 4.79 Å². The fourth-order valence-corrected chi connectivity index (χ4v) is 12.2. The van der Waals surface area contributed by atoms with Gasteiger partial charge in [0.1, 0.15) is 23.0 Å². The second kappa shape index (κ2) is 26.5. The first-order valence-corrected chi connectivity index (χ1v) is 30.0. The lowest BCUT2D eigenvalue weighted by Crippen LogP contribution is -2.30. The van der Waals surface area contributed by atoms with Gasteiger partial charge in [-0.1, -0.05) is 128 Å². The molecule has 8 heteroatoms. The van der Waals surface area contributed by atoms with Crippen LogP contribution in [0.2, 0.25) is 0 Å². The van der Waals surface area contributed by atoms with E-state index in [4.69, 9.17) is 18.9 Å². The fraction of sp³-hybridized carbons (Fsp3) is 0.205. The summed E-state index contributed by atoms with van der Waals surface area (Å²) < 4.78 is 21.9. The van der Waals surface area contributed by atoms with Gasteiger partial charge in [-0.05, 0) is 254 Å². The lowest BCUT2D eigenvalue weighted by molar-refractivity contribution is -0.131. The van der Waals surface area contributed by atoms with Gasteiger partial charge in [0, 0.05) is 46.5 Å². The van der Waals surface area contributed by atoms with E-state index in [1.165, 1.54) is 63.4 Å². The summed E-state index contributed by atoms with van der Waals surface area (Å²) in [5.41, 5.74) is 20.9. The molecule has 8 nitrogen and oxygen atoms in total. The first-order chi connectivity index (χ1) is 41.9. The Balaban J connectivity index is 0.735. The van der Waals surface area contributed by atoms with Crippen molar-refractivity contribution in [3.8, 4) is 34.1 Å². The molecule has 0 heterocycles. The quantitative estimate of drug-likeness (QED) is 0.0450. The number of ether oxygens (including phenoxy) is 4. The van der Waals surface area contributed by atoms with E-state index < -0.39 is 6.16 Å². The monoisotopic (exact) mass is 1130 g/mol. The van der Waals surface area contributed by atoms with Crippen molar-refractivity contribution in [2.24, 2.45) is 0 Å². The Morgan fingerprint density at radius 1 is 0.395 bits per heavy atom. The van der Waals surface area contributed by atoms with Gasteiger partial charge in [0.05, 0.1) is 7.11 Å². The van der Waals surface area contributed by atoms with Crippen LogP contribution in [-0.2, 0) is 35.9 Å². The topological polar surface area (TPSA) is 77.5 Å². The second-order valence-electron chi connectivity index (χ2n) is 22.9. The number of aryl methyl sites for hydroxylation is 8. The number of nitrogens with zero attached hydrogens (tertiary/aromatic N) is 2. The van der Waals surface area contributed by atoms with Crippen LogP contribution in [0, 0.1) is 27.7 Å². The number of methoxy groups -OCH3 is 1. The molecule has 432 valence electrons. The Hall–Kier alpha value is -9.66. The van der Waals surface area contributed by atoms with Crippen molar-refractivity contribution in [3.63, 3.8) is 0 Å². The molecule has 0 aliphatic heterocycles. The molecule has 0 N–H and O–H groups in total. The van der Waals surface area contributed by atoms with Gasteiger partial charge in [-0.3, -0.25) is 4.79 Å². The highest BCUT2D eigenvalue weighted by Gasteiger charge is 2.36. The largest absolute Gasteiger partial charge is 0.519 e. The fourth-order valence-electron chi connectivity index (χ4n) is 12.2. The molecule has 1 aliphatic rings. The average molecular weight is 1140 g/mol. The van der Waals surface area contributed by atoms with Crippen LogP contribution in [0.25, 0.3) is 11.1 Å². The van der Waals surface area contributed by atoms with E-state index in [-0.39, 0.29) is 11.4 Å². The lowest BCUT2D eigenvalue weighted by Gasteiger charge is -2.38. The summed E-state index contributed by atoms with van der Waals surface area (Å²) in [5.74, 6) is 1.91. The van der Waals surface area contributed by atoms with E-state index >= 15 is 0 Å². The van der Waals surface area contributed by atoms with Gasteiger partial charge in [-0.2, -0.15) is 0 Å². The molecule has 0 bridgehead atoms. The van der Waals surface area contributed by atoms with Gasteiger partial charge in [-0.15, -0.1) is 0 Å². The van der Waals surface area contributed by atoms with Crippen LogP contribution in [0.4, 0.5) is 38.9 Å². The molecule has 10 aromatic carbocycles. The molecule has 1 fully saturated rings. The van der Waals surface area contributed by atoms with Crippen LogP contribution in [0.1, 0.15) is 94.7 Å². The smallest absolute Gasteiger partial charge is 0.497 e. The Morgan fingerprint density at radius 2 is 0.767 bits per heavy atom. The summed E-state index contributed by atoms with van der Waals surface area (Å²) in [6, 6.07) is 80.6. The number of hydrogen-bond acceptors (Lipinski definition) is 8. The van der Waals surface area contributed by atoms with Gasteiger partial charge in [0.15, 0.2) is 0 Å². The molecular weight excluding hydrogens is 1060 g/mol. The number of rotatable bonds is 19. The molecule has 0 amide bonds. The highest BCUT2D eigenvalue weighted by atomic mass is 16.7. The summed E-state index contributed by atoms with van der Waals surface area (Å²) in [7, 11) is 1.70. The van der Waals surface area contributed by atoms with Gasteiger partial charge in [0.2, 0.25) is 0 Å². The van der Waals surface area contributed by atoms with Crippen LogP contribution < -0.4 is 28.7 Å². The van der Waals surface area contributed by atoms with Crippen LogP contribution in [-0.4, -0.2) is 19.2 Å². The van der Waals surface area contributed by atoms with E-state index in [0.29, 0.717) is 17.2 Å². The second-order valence-corrected chi connectivity index (χ2v) is 22.9. The summed E-state index contributed by atoms with van der Waals surface area (Å²) in [6.07, 6.45) is 8.25. The Kier molecular flexibility index (Phi) is 17.9. The number of carbonyl (C=O) groups excluding carboxylic acids is 2. The third kappa shape index (κ3) is 13.8. The highest BCUT2D eigenvalue weighted by Crippen LogP contribution is 2.46. The number of hydrogen-bond donors (Lipinski definition) is 0. The maximum Gasteiger partial charge on any atom is 0.519 e. The molecule has 0 saturated heterocycles. The molecule has 11 rings (SSSR count). The van der Waals surface area contributed by atoms with E-state index in [1.54, 1.807) is 7.11 Å². The SMILES string of the molecule is COc1ccc(CCc2ccc(N(c3cccc(C)c3)c3ccc(-c4ccc(N(c5ccc(CCc6ccc(OC(=O)Oc7ccc(C8(c9ccc(OC(C)=O)cc9)CCCCC8)cc7)cc6)cc5)c5cccc(C)c5)c(C)c4)cc3C)cc2)cc1. The van der Waals surface area contributed by atoms with Crippen LogP contribution >= 0.6 is 0 Å². The number of esters is 1. The van der Waals surface area contributed by atoms with Crippen molar-refractivity contribution in [3.05, 3.63) is 286 Å². The third-order valence-corrected chi connectivity index (χ3v) is 16.8. The van der Waals surface area contributed by atoms with Crippen LogP contribution in [0.5, 0.6) is 23.0 Å². The van der Waals surface area contributed by atoms with Crippen molar-refractivity contribution < 1.29 is 28.5 Å². The Labute approximate surface area is 507 Å². The molecule has 10 aromatic rings. The van der Waals surface area contributed by atoms with Crippen molar-refractivity contribution in [2.45, 2.75) is 97.8 Å². The molecule has 0 aromatic heterocycles. The standard InChI is InChI=1S/C78H74N2O6/c1-54-12-10-14-69(50-54)79(67-34-20-59(21-35-67)16-18-61-24-38-71(83-6)39-25-61)75-46-28-63(52-56(75)3)64-29-47-76(57(4)53-64)80(70-15-11-13-55(2)51-70)68-36-22-60(23-37-68)17-19-62-26-40-73(41-27-62)85-77(82)86-74-44-32-66(33-45-74)78(48-8-7-9-49-78)65-30-42-72(43-31-65)84-58(5)81/h10-15,20-47,50-53H,7-9,16-19,48-49H2,1-6H3. The van der Waals surface area contributed by atoms with E-state index in [0.717, 1.165) is 108 Å². The van der Waals surface area contributed by atoms with Gasteiger partial charge in [0.25, 0.3) is 0 Å². The predicted molar refractivity (Wildman–Crippen MR) is 349 cm³/mol. The summed E-state index contributed by atoms with van der Waals surface area (Å²) >= 11 is 0. The minimum absolute atomic E-state index is 0.172. The van der Waals surface area contributed by atoms with E-state index in [9.17, 15) is 9.59 Å². The maximum atomic E-state index is 13.0. The van der Waals surface area contributed by atoms with Gasteiger partial charge < -0.3 is 28.7 Å².